The fraction of sp³-hybridized carbons (Fsp3) is 0.364. The molecular weight excluding hydrogens is 180 g/mol. The second-order valence-electron chi connectivity index (χ2n) is 2.54. The van der Waals surface area contributed by atoms with Crippen molar-refractivity contribution in [2.24, 2.45) is 0 Å². The fourth-order valence-corrected chi connectivity index (χ4v) is 0.897. The Kier molecular flexibility index (Phi) is 6.41. The first kappa shape index (κ1) is 12.7. The van der Waals surface area contributed by atoms with E-state index in [-0.39, 0.29) is 5.76 Å². The van der Waals surface area contributed by atoms with Crippen molar-refractivity contribution in [1.82, 2.24) is 0 Å². The quantitative estimate of drug-likeness (QED) is 0.399. The van der Waals surface area contributed by atoms with Crippen LogP contribution < -0.4 is 0 Å². The van der Waals surface area contributed by atoms with Gasteiger partial charge in [-0.25, -0.2) is 0 Å². The standard InChI is InChI=1S/C11H16O3/c1-4-7-9(12)11(13)10(8-5-2)14-6-3/h4-5,7-8,11,13H,2,6H2,1,3H3/b7-4+,10-8+. The van der Waals surface area contributed by atoms with E-state index in [2.05, 4.69) is 6.58 Å². The van der Waals surface area contributed by atoms with Gasteiger partial charge in [-0.2, -0.15) is 0 Å². The Labute approximate surface area is 84.4 Å². The van der Waals surface area contributed by atoms with Gasteiger partial charge >= 0.3 is 0 Å². The Morgan fingerprint density at radius 1 is 1.64 bits per heavy atom. The highest BCUT2D eigenvalue weighted by atomic mass is 16.5. The number of hydrogen-bond acceptors (Lipinski definition) is 3. The minimum absolute atomic E-state index is 0.227. The van der Waals surface area contributed by atoms with Crippen molar-refractivity contribution >= 4 is 5.78 Å². The van der Waals surface area contributed by atoms with Gasteiger partial charge in [-0.05, 0) is 26.0 Å². The van der Waals surface area contributed by atoms with Crippen molar-refractivity contribution in [1.29, 1.82) is 0 Å². The summed E-state index contributed by atoms with van der Waals surface area (Å²) in [4.78, 5) is 11.2. The molecule has 1 atom stereocenters. The molecule has 0 amide bonds. The molecule has 0 aliphatic heterocycles. The molecule has 1 unspecified atom stereocenters. The van der Waals surface area contributed by atoms with Crippen molar-refractivity contribution in [3.63, 3.8) is 0 Å². The predicted molar refractivity (Wildman–Crippen MR) is 55.7 cm³/mol. The molecule has 14 heavy (non-hydrogen) atoms. The summed E-state index contributed by atoms with van der Waals surface area (Å²) in [6.45, 7) is 7.37. The van der Waals surface area contributed by atoms with Crippen LogP contribution in [-0.2, 0) is 9.53 Å². The summed E-state index contributed by atoms with van der Waals surface area (Å²) in [6.07, 6.45) is 4.60. The highest BCUT2D eigenvalue weighted by molar-refractivity contribution is 5.95. The first-order valence-corrected chi connectivity index (χ1v) is 4.47. The molecule has 0 saturated carbocycles. The minimum Gasteiger partial charge on any atom is -0.495 e. The van der Waals surface area contributed by atoms with Gasteiger partial charge < -0.3 is 9.84 Å². The van der Waals surface area contributed by atoms with E-state index in [4.69, 9.17) is 4.74 Å². The SMILES string of the molecule is C=C/C=C(/OCC)C(O)C(=O)/C=C/C. The van der Waals surface area contributed by atoms with E-state index in [9.17, 15) is 9.90 Å². The van der Waals surface area contributed by atoms with Gasteiger partial charge in [0.25, 0.3) is 0 Å². The third-order valence-electron chi connectivity index (χ3n) is 1.46. The molecule has 0 aromatic carbocycles. The summed E-state index contributed by atoms with van der Waals surface area (Å²) < 4.78 is 5.10. The summed E-state index contributed by atoms with van der Waals surface area (Å²) in [7, 11) is 0. The zero-order valence-corrected chi connectivity index (χ0v) is 8.56. The zero-order chi connectivity index (χ0) is 11.0. The minimum atomic E-state index is -1.23. The third-order valence-corrected chi connectivity index (χ3v) is 1.46. The lowest BCUT2D eigenvalue weighted by atomic mass is 10.1. The number of ether oxygens (including phenoxy) is 1. The van der Waals surface area contributed by atoms with E-state index >= 15 is 0 Å². The molecule has 0 aromatic heterocycles. The molecule has 0 radical (unpaired) electrons. The summed E-state index contributed by atoms with van der Waals surface area (Å²) in [5, 5.41) is 9.53. The van der Waals surface area contributed by atoms with Crippen LogP contribution in [0.25, 0.3) is 0 Å². The van der Waals surface area contributed by atoms with Gasteiger partial charge in [0.2, 0.25) is 0 Å². The highest BCUT2D eigenvalue weighted by Gasteiger charge is 2.17. The average molecular weight is 196 g/mol. The average Bonchev–Trinajstić information content (AvgIpc) is 2.17. The number of ketones is 1. The van der Waals surface area contributed by atoms with Crippen LogP contribution in [0.15, 0.2) is 36.6 Å². The Morgan fingerprint density at radius 3 is 2.71 bits per heavy atom. The monoisotopic (exact) mass is 196 g/mol. The van der Waals surface area contributed by atoms with Crippen molar-refractivity contribution in [2.45, 2.75) is 20.0 Å². The number of carbonyl (C=O) groups excluding carboxylic acids is 1. The van der Waals surface area contributed by atoms with Crippen LogP contribution in [0.5, 0.6) is 0 Å². The fourth-order valence-electron chi connectivity index (χ4n) is 0.897. The lowest BCUT2D eigenvalue weighted by Crippen LogP contribution is -2.22. The van der Waals surface area contributed by atoms with Gasteiger partial charge in [-0.1, -0.05) is 18.7 Å². The van der Waals surface area contributed by atoms with Gasteiger partial charge in [0.15, 0.2) is 11.9 Å². The third kappa shape index (κ3) is 4.05. The van der Waals surface area contributed by atoms with E-state index in [0.29, 0.717) is 6.61 Å². The van der Waals surface area contributed by atoms with Crippen molar-refractivity contribution in [3.8, 4) is 0 Å². The lowest BCUT2D eigenvalue weighted by molar-refractivity contribution is -0.122. The maximum absolute atomic E-state index is 11.2. The van der Waals surface area contributed by atoms with E-state index in [1.807, 2.05) is 0 Å². The van der Waals surface area contributed by atoms with Crippen molar-refractivity contribution in [3.05, 3.63) is 36.6 Å². The number of rotatable bonds is 6. The molecule has 1 N–H and O–H groups in total. The molecule has 0 rings (SSSR count). The number of carbonyl (C=O) groups is 1. The van der Waals surface area contributed by atoms with Crippen LogP contribution in [0.3, 0.4) is 0 Å². The smallest absolute Gasteiger partial charge is 0.191 e. The van der Waals surface area contributed by atoms with Crippen molar-refractivity contribution in [2.75, 3.05) is 6.61 Å². The molecule has 78 valence electrons. The molecule has 0 heterocycles. The van der Waals surface area contributed by atoms with Gasteiger partial charge in [0.1, 0.15) is 5.76 Å². The van der Waals surface area contributed by atoms with Gasteiger partial charge in [0.05, 0.1) is 6.61 Å². The summed E-state index contributed by atoms with van der Waals surface area (Å²) in [6, 6.07) is 0. The first-order chi connectivity index (χ1) is 6.67. The normalized spacial score (nSPS) is 14.1. The maximum Gasteiger partial charge on any atom is 0.191 e. The van der Waals surface area contributed by atoms with Crippen LogP contribution in [-0.4, -0.2) is 23.6 Å². The Hall–Kier alpha value is -1.35. The second-order valence-corrected chi connectivity index (χ2v) is 2.54. The predicted octanol–water partition coefficient (Wildman–Crippen LogP) is 1.60. The molecule has 0 aromatic rings. The molecule has 0 aliphatic rings. The lowest BCUT2D eigenvalue weighted by Gasteiger charge is -2.12. The Balaban J connectivity index is 4.58. The van der Waals surface area contributed by atoms with Crippen LogP contribution in [0, 0.1) is 0 Å². The number of allylic oxidation sites excluding steroid dienone is 3. The van der Waals surface area contributed by atoms with Gasteiger partial charge in [-0.15, -0.1) is 0 Å². The molecular formula is C11H16O3. The molecule has 0 aliphatic carbocycles. The maximum atomic E-state index is 11.2. The molecule has 3 heteroatoms. The van der Waals surface area contributed by atoms with Gasteiger partial charge in [-0.3, -0.25) is 4.79 Å². The Bertz CT molecular complexity index is 251. The number of aliphatic hydroxyl groups excluding tert-OH is 1. The zero-order valence-electron chi connectivity index (χ0n) is 8.56. The topological polar surface area (TPSA) is 46.5 Å². The second kappa shape index (κ2) is 7.09. The Morgan fingerprint density at radius 2 is 2.29 bits per heavy atom. The summed E-state index contributed by atoms with van der Waals surface area (Å²) in [5.74, 6) is -0.167. The van der Waals surface area contributed by atoms with E-state index in [1.54, 1.807) is 19.9 Å². The van der Waals surface area contributed by atoms with Gasteiger partial charge in [0, 0.05) is 0 Å². The van der Waals surface area contributed by atoms with E-state index in [0.717, 1.165) is 0 Å². The van der Waals surface area contributed by atoms with Crippen LogP contribution >= 0.6 is 0 Å². The van der Waals surface area contributed by atoms with Crippen LogP contribution in [0.1, 0.15) is 13.8 Å². The van der Waals surface area contributed by atoms with Crippen molar-refractivity contribution < 1.29 is 14.6 Å². The molecule has 3 nitrogen and oxygen atoms in total. The first-order valence-electron chi connectivity index (χ1n) is 4.47. The van der Waals surface area contributed by atoms with E-state index in [1.165, 1.54) is 18.2 Å². The summed E-state index contributed by atoms with van der Waals surface area (Å²) >= 11 is 0. The largest absolute Gasteiger partial charge is 0.495 e. The number of aliphatic hydroxyl groups is 1. The highest BCUT2D eigenvalue weighted by Crippen LogP contribution is 2.06. The van der Waals surface area contributed by atoms with E-state index < -0.39 is 11.9 Å². The molecule has 0 saturated heterocycles. The molecule has 0 spiro atoms. The molecule has 0 bridgehead atoms. The molecule has 0 fully saturated rings. The van der Waals surface area contributed by atoms with Crippen LogP contribution in [0.4, 0.5) is 0 Å². The number of hydrogen-bond donors (Lipinski definition) is 1. The van der Waals surface area contributed by atoms with Crippen LogP contribution in [0.2, 0.25) is 0 Å². The summed E-state index contributed by atoms with van der Waals surface area (Å²) in [5.41, 5.74) is 0.